The first-order valence-electron chi connectivity index (χ1n) is 5.77. The second kappa shape index (κ2) is 5.38. The van der Waals surface area contributed by atoms with E-state index in [-0.39, 0.29) is 17.9 Å². The molecule has 19 heavy (non-hydrogen) atoms. The summed E-state index contributed by atoms with van der Waals surface area (Å²) in [5.74, 6) is -0.335. The minimum atomic E-state index is -0.335. The van der Waals surface area contributed by atoms with Crippen molar-refractivity contribution in [3.05, 3.63) is 45.6 Å². The topological polar surface area (TPSA) is 95.0 Å². The first-order chi connectivity index (χ1) is 9.08. The van der Waals surface area contributed by atoms with Crippen molar-refractivity contribution in [3.8, 4) is 0 Å². The van der Waals surface area contributed by atoms with Gasteiger partial charge in [-0.15, -0.1) is 0 Å². The number of aromatic amines is 2. The average molecular weight is 261 g/mol. The Morgan fingerprint density at radius 1 is 1.53 bits per heavy atom. The van der Waals surface area contributed by atoms with Gasteiger partial charge in [0.2, 0.25) is 5.91 Å². The van der Waals surface area contributed by atoms with E-state index in [0.29, 0.717) is 11.3 Å². The van der Waals surface area contributed by atoms with Crippen LogP contribution in [0.4, 0.5) is 0 Å². The quantitative estimate of drug-likeness (QED) is 0.535. The van der Waals surface area contributed by atoms with Gasteiger partial charge in [0.25, 0.3) is 5.56 Å². The SMILES string of the molecule is Cc1[nH][nH]c(=O)c1CC(=O)N/N=C\c1cccn1C. The lowest BCUT2D eigenvalue weighted by atomic mass is 10.2. The van der Waals surface area contributed by atoms with E-state index in [9.17, 15) is 9.59 Å². The lowest BCUT2D eigenvalue weighted by Gasteiger charge is -1.99. The zero-order valence-electron chi connectivity index (χ0n) is 10.7. The van der Waals surface area contributed by atoms with Gasteiger partial charge in [0.05, 0.1) is 18.3 Å². The molecular formula is C12H15N5O2. The molecule has 0 atom stereocenters. The van der Waals surface area contributed by atoms with Crippen molar-refractivity contribution in [3.63, 3.8) is 0 Å². The molecule has 0 fully saturated rings. The Kier molecular flexibility index (Phi) is 3.65. The third kappa shape index (κ3) is 3.01. The van der Waals surface area contributed by atoms with Crippen molar-refractivity contribution >= 4 is 12.1 Å². The van der Waals surface area contributed by atoms with Crippen LogP contribution in [-0.4, -0.2) is 26.9 Å². The average Bonchev–Trinajstić information content (AvgIpc) is 2.90. The fourth-order valence-electron chi connectivity index (χ4n) is 1.66. The van der Waals surface area contributed by atoms with Gasteiger partial charge in [-0.2, -0.15) is 5.10 Å². The smallest absolute Gasteiger partial charge is 0.267 e. The van der Waals surface area contributed by atoms with Crippen LogP contribution in [0.5, 0.6) is 0 Å². The van der Waals surface area contributed by atoms with Gasteiger partial charge >= 0.3 is 0 Å². The minimum Gasteiger partial charge on any atom is -0.350 e. The molecule has 0 aliphatic carbocycles. The zero-order valence-corrected chi connectivity index (χ0v) is 10.7. The van der Waals surface area contributed by atoms with Crippen molar-refractivity contribution < 1.29 is 4.79 Å². The van der Waals surface area contributed by atoms with E-state index in [0.717, 1.165) is 5.69 Å². The Balaban J connectivity index is 1.94. The molecule has 0 bridgehead atoms. The molecule has 1 amide bonds. The zero-order chi connectivity index (χ0) is 13.8. The Bertz CT molecular complexity index is 662. The van der Waals surface area contributed by atoms with Gasteiger partial charge in [-0.1, -0.05) is 0 Å². The molecule has 0 aromatic carbocycles. The summed E-state index contributed by atoms with van der Waals surface area (Å²) in [6, 6.07) is 3.75. The summed E-state index contributed by atoms with van der Waals surface area (Å²) in [5, 5.41) is 8.94. The maximum absolute atomic E-state index is 11.6. The molecule has 2 heterocycles. The summed E-state index contributed by atoms with van der Waals surface area (Å²) >= 11 is 0. The third-order valence-electron chi connectivity index (χ3n) is 2.80. The van der Waals surface area contributed by atoms with Gasteiger partial charge in [0, 0.05) is 24.5 Å². The highest BCUT2D eigenvalue weighted by atomic mass is 16.2. The molecule has 100 valence electrons. The highest BCUT2D eigenvalue weighted by Crippen LogP contribution is 1.98. The van der Waals surface area contributed by atoms with Crippen LogP contribution in [0.15, 0.2) is 28.2 Å². The standard InChI is InChI=1S/C12H15N5O2/c1-8-10(12(19)16-14-8)6-11(18)15-13-7-9-4-3-5-17(9)2/h3-5,7H,6H2,1-2H3,(H,15,18)(H2,14,16,19)/b13-7-. The molecule has 2 aromatic rings. The van der Waals surface area contributed by atoms with Gasteiger partial charge in [0.1, 0.15) is 0 Å². The van der Waals surface area contributed by atoms with Crippen LogP contribution in [0.2, 0.25) is 0 Å². The summed E-state index contributed by atoms with van der Waals surface area (Å²) < 4.78 is 1.87. The van der Waals surface area contributed by atoms with E-state index < -0.39 is 0 Å². The van der Waals surface area contributed by atoms with E-state index in [1.165, 1.54) is 0 Å². The van der Waals surface area contributed by atoms with Crippen LogP contribution in [0.25, 0.3) is 0 Å². The van der Waals surface area contributed by atoms with Crippen LogP contribution < -0.4 is 11.0 Å². The predicted octanol–water partition coefficient (Wildman–Crippen LogP) is 0.0427. The van der Waals surface area contributed by atoms with Crippen LogP contribution in [0.1, 0.15) is 17.0 Å². The number of H-pyrrole nitrogens is 2. The van der Waals surface area contributed by atoms with Crippen molar-refractivity contribution in [2.45, 2.75) is 13.3 Å². The fourth-order valence-corrected chi connectivity index (χ4v) is 1.66. The molecule has 2 aromatic heterocycles. The number of hydrogen-bond donors (Lipinski definition) is 3. The van der Waals surface area contributed by atoms with Crippen molar-refractivity contribution in [2.75, 3.05) is 0 Å². The Morgan fingerprint density at radius 3 is 2.89 bits per heavy atom. The Morgan fingerprint density at radius 2 is 2.32 bits per heavy atom. The second-order valence-corrected chi connectivity index (χ2v) is 4.20. The monoisotopic (exact) mass is 261 g/mol. The highest BCUT2D eigenvalue weighted by molar-refractivity contribution is 5.82. The molecule has 0 unspecified atom stereocenters. The van der Waals surface area contributed by atoms with E-state index >= 15 is 0 Å². The molecule has 7 nitrogen and oxygen atoms in total. The maximum Gasteiger partial charge on any atom is 0.267 e. The molecule has 3 N–H and O–H groups in total. The normalized spacial score (nSPS) is 11.1. The molecule has 7 heteroatoms. The minimum absolute atomic E-state index is 0.00482. The van der Waals surface area contributed by atoms with E-state index in [1.54, 1.807) is 13.1 Å². The first-order valence-corrected chi connectivity index (χ1v) is 5.77. The summed E-state index contributed by atoms with van der Waals surface area (Å²) in [4.78, 5) is 23.0. The molecule has 0 radical (unpaired) electrons. The Hall–Kier alpha value is -2.57. The van der Waals surface area contributed by atoms with Crippen LogP contribution in [0.3, 0.4) is 0 Å². The lowest BCUT2D eigenvalue weighted by Crippen LogP contribution is -2.23. The molecule has 0 saturated carbocycles. The van der Waals surface area contributed by atoms with Gasteiger partial charge in [-0.25, -0.2) is 5.43 Å². The van der Waals surface area contributed by atoms with Crippen molar-refractivity contribution in [1.29, 1.82) is 0 Å². The van der Waals surface area contributed by atoms with E-state index in [2.05, 4.69) is 20.7 Å². The Labute approximate surface area is 109 Å². The predicted molar refractivity (Wildman–Crippen MR) is 71.0 cm³/mol. The molecule has 0 saturated heterocycles. The molecule has 0 spiro atoms. The lowest BCUT2D eigenvalue weighted by molar-refractivity contribution is -0.120. The fraction of sp³-hybridized carbons (Fsp3) is 0.250. The van der Waals surface area contributed by atoms with Crippen LogP contribution >= 0.6 is 0 Å². The van der Waals surface area contributed by atoms with Crippen LogP contribution in [0, 0.1) is 6.92 Å². The van der Waals surface area contributed by atoms with Gasteiger partial charge < -0.3 is 9.67 Å². The number of hydrazone groups is 1. The number of aromatic nitrogens is 3. The maximum atomic E-state index is 11.6. The summed E-state index contributed by atoms with van der Waals surface area (Å²) in [5.41, 5.74) is 4.07. The largest absolute Gasteiger partial charge is 0.350 e. The second-order valence-electron chi connectivity index (χ2n) is 4.20. The molecule has 0 aliphatic rings. The number of nitrogens with zero attached hydrogens (tertiary/aromatic N) is 2. The van der Waals surface area contributed by atoms with E-state index in [4.69, 9.17) is 0 Å². The summed E-state index contributed by atoms with van der Waals surface area (Å²) in [6.45, 7) is 1.73. The molecule has 2 rings (SSSR count). The number of hydrogen-bond acceptors (Lipinski definition) is 3. The summed E-state index contributed by atoms with van der Waals surface area (Å²) in [7, 11) is 1.88. The number of carbonyl (C=O) groups is 1. The van der Waals surface area contributed by atoms with Gasteiger partial charge in [0.15, 0.2) is 0 Å². The highest BCUT2D eigenvalue weighted by Gasteiger charge is 2.10. The molecule has 0 aliphatic heterocycles. The van der Waals surface area contributed by atoms with E-state index in [1.807, 2.05) is 29.9 Å². The number of aryl methyl sites for hydroxylation is 2. The van der Waals surface area contributed by atoms with Crippen LogP contribution in [-0.2, 0) is 18.3 Å². The molecular weight excluding hydrogens is 246 g/mol. The number of amides is 1. The number of nitrogens with one attached hydrogen (secondary N) is 3. The van der Waals surface area contributed by atoms with Gasteiger partial charge in [-0.3, -0.25) is 14.7 Å². The first kappa shape index (κ1) is 12.9. The van der Waals surface area contributed by atoms with Gasteiger partial charge in [-0.05, 0) is 19.1 Å². The number of rotatable bonds is 4. The number of carbonyl (C=O) groups excluding carboxylic acids is 1. The van der Waals surface area contributed by atoms with Crippen molar-refractivity contribution in [2.24, 2.45) is 12.1 Å². The third-order valence-corrected chi connectivity index (χ3v) is 2.80. The van der Waals surface area contributed by atoms with Crippen molar-refractivity contribution in [1.82, 2.24) is 20.2 Å². The summed E-state index contributed by atoms with van der Waals surface area (Å²) in [6.07, 6.45) is 3.42.